The fraction of sp³-hybridized carbons (Fsp3) is 0.333. The van der Waals surface area contributed by atoms with Crippen molar-refractivity contribution in [2.75, 3.05) is 30.8 Å². The number of anilines is 2. The minimum Gasteiger partial charge on any atom is -0.494 e. The summed E-state index contributed by atoms with van der Waals surface area (Å²) in [5.74, 6) is 1.86. The molecule has 0 spiro atoms. The monoisotopic (exact) mass is 405 g/mol. The van der Waals surface area contributed by atoms with Crippen LogP contribution in [0, 0.1) is 0 Å². The molecule has 9 heteroatoms. The number of pyridine rings is 1. The molecule has 3 aromatic heterocycles. The average Bonchev–Trinajstić information content (AvgIpc) is 3.22. The topological polar surface area (TPSA) is 104 Å². The van der Waals surface area contributed by atoms with Gasteiger partial charge in [-0.3, -0.25) is 4.79 Å². The first kappa shape index (κ1) is 18.4. The minimum atomic E-state index is -0.0143. The molecule has 0 aliphatic carbocycles. The number of benzene rings is 1. The fourth-order valence-corrected chi connectivity index (χ4v) is 4.17. The van der Waals surface area contributed by atoms with Gasteiger partial charge in [0.15, 0.2) is 11.5 Å². The third-order valence-electron chi connectivity index (χ3n) is 5.75. The van der Waals surface area contributed by atoms with Crippen molar-refractivity contribution in [1.29, 1.82) is 0 Å². The molecule has 1 aromatic carbocycles. The standard InChI is InChI=1S/C21H23N7O2/c1-26-12-14(8-9-17(26)29)27-10-4-5-13(11-27)19-24-20-15-6-3-7-16(30-2)18(15)23-21(22)28(20)25-19/h3,6-9,12-13H,4-5,10-11H2,1-2H3,(H2,22,23)/t13-/m1/s1. The number of fused-ring (bicyclic) bond motifs is 3. The van der Waals surface area contributed by atoms with Crippen LogP contribution in [0.25, 0.3) is 16.6 Å². The van der Waals surface area contributed by atoms with E-state index in [1.807, 2.05) is 30.5 Å². The second-order valence-corrected chi connectivity index (χ2v) is 7.65. The molecular weight excluding hydrogens is 382 g/mol. The van der Waals surface area contributed by atoms with Gasteiger partial charge in [-0.2, -0.15) is 4.52 Å². The van der Waals surface area contributed by atoms with E-state index < -0.39 is 0 Å². The summed E-state index contributed by atoms with van der Waals surface area (Å²) in [6.45, 7) is 1.72. The summed E-state index contributed by atoms with van der Waals surface area (Å²) in [7, 11) is 3.38. The highest BCUT2D eigenvalue weighted by Crippen LogP contribution is 2.31. The van der Waals surface area contributed by atoms with E-state index in [9.17, 15) is 4.79 Å². The number of aromatic nitrogens is 5. The van der Waals surface area contributed by atoms with E-state index in [0.717, 1.165) is 42.8 Å². The smallest absolute Gasteiger partial charge is 0.250 e. The Kier molecular flexibility index (Phi) is 4.30. The largest absolute Gasteiger partial charge is 0.494 e. The minimum absolute atomic E-state index is 0.0143. The number of methoxy groups -OCH3 is 1. The molecule has 1 aliphatic heterocycles. The first-order valence-electron chi connectivity index (χ1n) is 9.95. The average molecular weight is 405 g/mol. The highest BCUT2D eigenvalue weighted by atomic mass is 16.5. The zero-order valence-electron chi connectivity index (χ0n) is 16.9. The SMILES string of the molecule is COc1cccc2c1nc(N)n1nc([C@@H]3CCCN(c4ccc(=O)n(C)c4)C3)nc21. The maximum atomic E-state index is 11.7. The van der Waals surface area contributed by atoms with Crippen LogP contribution in [0.2, 0.25) is 0 Å². The van der Waals surface area contributed by atoms with Crippen molar-refractivity contribution in [3.05, 3.63) is 52.7 Å². The molecule has 1 aliphatic rings. The molecule has 0 amide bonds. The summed E-state index contributed by atoms with van der Waals surface area (Å²) in [4.78, 5) is 23.3. The van der Waals surface area contributed by atoms with Gasteiger partial charge in [0, 0.05) is 43.7 Å². The molecule has 1 saturated heterocycles. The van der Waals surface area contributed by atoms with E-state index in [1.165, 1.54) is 0 Å². The number of hydrogen-bond donors (Lipinski definition) is 1. The second-order valence-electron chi connectivity index (χ2n) is 7.65. The predicted octanol–water partition coefficient (Wildman–Crippen LogP) is 1.95. The van der Waals surface area contributed by atoms with Crippen LogP contribution in [0.3, 0.4) is 0 Å². The summed E-state index contributed by atoms with van der Waals surface area (Å²) in [6, 6.07) is 9.21. The van der Waals surface area contributed by atoms with E-state index in [2.05, 4.69) is 9.88 Å². The van der Waals surface area contributed by atoms with Crippen LogP contribution in [0.1, 0.15) is 24.6 Å². The number of rotatable bonds is 3. The van der Waals surface area contributed by atoms with Crippen molar-refractivity contribution in [3.63, 3.8) is 0 Å². The van der Waals surface area contributed by atoms with Crippen LogP contribution >= 0.6 is 0 Å². The molecule has 0 bridgehead atoms. The summed E-state index contributed by atoms with van der Waals surface area (Å²) in [5.41, 5.74) is 8.57. The molecular formula is C21H23N7O2. The molecule has 5 rings (SSSR count). The number of hydrogen-bond acceptors (Lipinski definition) is 7. The van der Waals surface area contributed by atoms with E-state index in [1.54, 1.807) is 29.3 Å². The number of aryl methyl sites for hydroxylation is 1. The summed E-state index contributed by atoms with van der Waals surface area (Å²) < 4.78 is 8.65. The lowest BCUT2D eigenvalue weighted by atomic mass is 9.97. The van der Waals surface area contributed by atoms with Gasteiger partial charge < -0.3 is 19.9 Å². The molecule has 9 nitrogen and oxygen atoms in total. The van der Waals surface area contributed by atoms with Gasteiger partial charge in [-0.05, 0) is 31.0 Å². The van der Waals surface area contributed by atoms with Gasteiger partial charge in [0.1, 0.15) is 11.3 Å². The quantitative estimate of drug-likeness (QED) is 0.556. The van der Waals surface area contributed by atoms with Crippen molar-refractivity contribution in [3.8, 4) is 5.75 Å². The molecule has 0 unspecified atom stereocenters. The lowest BCUT2D eigenvalue weighted by Gasteiger charge is -2.33. The van der Waals surface area contributed by atoms with Crippen molar-refractivity contribution < 1.29 is 4.74 Å². The van der Waals surface area contributed by atoms with Gasteiger partial charge in [0.05, 0.1) is 12.8 Å². The van der Waals surface area contributed by atoms with Gasteiger partial charge in [-0.25, -0.2) is 9.97 Å². The Hall–Kier alpha value is -3.62. The third kappa shape index (κ3) is 2.94. The Morgan fingerprint density at radius 2 is 2.07 bits per heavy atom. The van der Waals surface area contributed by atoms with Crippen LogP contribution in [0.4, 0.5) is 11.6 Å². The molecule has 2 N–H and O–H groups in total. The Morgan fingerprint density at radius 1 is 1.20 bits per heavy atom. The maximum Gasteiger partial charge on any atom is 0.250 e. The first-order chi connectivity index (χ1) is 14.5. The second kappa shape index (κ2) is 7.01. The Labute approximate surface area is 172 Å². The molecule has 1 atom stereocenters. The van der Waals surface area contributed by atoms with E-state index >= 15 is 0 Å². The van der Waals surface area contributed by atoms with Crippen molar-refractivity contribution >= 4 is 28.2 Å². The number of nitrogens with zero attached hydrogens (tertiary/aromatic N) is 6. The Balaban J connectivity index is 1.54. The van der Waals surface area contributed by atoms with Crippen LogP contribution in [0.15, 0.2) is 41.3 Å². The summed E-state index contributed by atoms with van der Waals surface area (Å²) in [5, 5.41) is 5.55. The third-order valence-corrected chi connectivity index (χ3v) is 5.75. The fourth-order valence-electron chi connectivity index (χ4n) is 4.17. The zero-order chi connectivity index (χ0) is 20.8. The zero-order valence-corrected chi connectivity index (χ0v) is 16.9. The molecule has 0 saturated carbocycles. The summed E-state index contributed by atoms with van der Waals surface area (Å²) >= 11 is 0. The lowest BCUT2D eigenvalue weighted by Crippen LogP contribution is -2.35. The van der Waals surface area contributed by atoms with E-state index in [0.29, 0.717) is 16.9 Å². The van der Waals surface area contributed by atoms with Gasteiger partial charge in [0.2, 0.25) is 11.5 Å². The van der Waals surface area contributed by atoms with Gasteiger partial charge in [0.25, 0.3) is 0 Å². The highest BCUT2D eigenvalue weighted by molar-refractivity contribution is 5.95. The van der Waals surface area contributed by atoms with Crippen LogP contribution in [-0.2, 0) is 7.05 Å². The first-order valence-corrected chi connectivity index (χ1v) is 9.95. The number of ether oxygens (including phenoxy) is 1. The Morgan fingerprint density at radius 3 is 2.87 bits per heavy atom. The number of nitrogens with two attached hydrogens (primary N) is 1. The predicted molar refractivity (Wildman–Crippen MR) is 115 cm³/mol. The van der Waals surface area contributed by atoms with E-state index in [4.69, 9.17) is 20.6 Å². The lowest BCUT2D eigenvalue weighted by molar-refractivity contribution is 0.419. The maximum absolute atomic E-state index is 11.7. The normalized spacial score (nSPS) is 17.0. The molecule has 1 fully saturated rings. The molecule has 4 heterocycles. The molecule has 4 aromatic rings. The number of piperidine rings is 1. The van der Waals surface area contributed by atoms with Gasteiger partial charge in [-0.1, -0.05) is 6.07 Å². The van der Waals surface area contributed by atoms with E-state index in [-0.39, 0.29) is 17.4 Å². The van der Waals surface area contributed by atoms with Crippen molar-refractivity contribution in [2.45, 2.75) is 18.8 Å². The number of para-hydroxylation sites is 1. The van der Waals surface area contributed by atoms with Crippen molar-refractivity contribution in [1.82, 2.24) is 24.1 Å². The summed E-state index contributed by atoms with van der Waals surface area (Å²) in [6.07, 6.45) is 3.89. The van der Waals surface area contributed by atoms with Crippen LogP contribution in [-0.4, -0.2) is 44.3 Å². The highest BCUT2D eigenvalue weighted by Gasteiger charge is 2.26. The Bertz CT molecular complexity index is 1310. The van der Waals surface area contributed by atoms with Crippen LogP contribution in [0.5, 0.6) is 5.75 Å². The number of nitrogen functional groups attached to an aromatic ring is 1. The molecule has 30 heavy (non-hydrogen) atoms. The van der Waals surface area contributed by atoms with Crippen LogP contribution < -0.4 is 20.9 Å². The van der Waals surface area contributed by atoms with Gasteiger partial charge >= 0.3 is 0 Å². The molecule has 154 valence electrons. The van der Waals surface area contributed by atoms with Gasteiger partial charge in [-0.15, -0.1) is 5.10 Å². The molecule has 0 radical (unpaired) electrons. The van der Waals surface area contributed by atoms with Crippen molar-refractivity contribution in [2.24, 2.45) is 7.05 Å².